The van der Waals surface area contributed by atoms with Crippen LogP contribution in [0.15, 0.2) is 66.8 Å². The van der Waals surface area contributed by atoms with Crippen LogP contribution in [0.4, 0.5) is 5.82 Å². The van der Waals surface area contributed by atoms with E-state index in [9.17, 15) is 4.79 Å². The van der Waals surface area contributed by atoms with E-state index < -0.39 is 0 Å². The lowest BCUT2D eigenvalue weighted by atomic mass is 9.80. The number of carbonyl (C=O) groups excluding carboxylic acids is 1. The van der Waals surface area contributed by atoms with Crippen LogP contribution in [-0.4, -0.2) is 52.9 Å². The third kappa shape index (κ3) is 3.66. The first kappa shape index (κ1) is 20.4. The Balaban J connectivity index is 1.52. The number of carbonyl (C=O) groups is 1. The summed E-state index contributed by atoms with van der Waals surface area (Å²) in [6.07, 6.45) is 12.7. The summed E-state index contributed by atoms with van der Waals surface area (Å²) >= 11 is 0. The molecule has 1 saturated heterocycles. The highest BCUT2D eigenvalue weighted by Gasteiger charge is 2.31. The minimum atomic E-state index is 0.0565. The number of hydrogen-bond acceptors (Lipinski definition) is 5. The maximum Gasteiger partial charge on any atom is 0.253 e. The molecule has 1 aliphatic carbocycles. The molecule has 0 saturated carbocycles. The molecule has 2 unspecified atom stereocenters. The van der Waals surface area contributed by atoms with Crippen molar-refractivity contribution in [2.45, 2.75) is 13.3 Å². The average molecular weight is 426 g/mol. The van der Waals surface area contributed by atoms with Gasteiger partial charge in [-0.25, -0.2) is 9.97 Å². The number of hydrogen-bond donors (Lipinski definition) is 0. The van der Waals surface area contributed by atoms with E-state index in [1.165, 1.54) is 0 Å². The van der Waals surface area contributed by atoms with E-state index in [0.717, 1.165) is 58.5 Å². The van der Waals surface area contributed by atoms with E-state index in [2.05, 4.69) is 52.1 Å². The Kier molecular flexibility index (Phi) is 5.21. The number of piperidine rings is 1. The molecule has 6 nitrogen and oxygen atoms in total. The number of fused-ring (bicyclic) bond motifs is 2. The second-order valence-corrected chi connectivity index (χ2v) is 8.87. The molecular formula is C26H27N5O. The maximum absolute atomic E-state index is 12.5. The molecule has 3 aromatic rings. The highest BCUT2D eigenvalue weighted by Crippen LogP contribution is 2.36. The van der Waals surface area contributed by atoms with Crippen molar-refractivity contribution in [3.05, 3.63) is 72.4 Å². The zero-order valence-electron chi connectivity index (χ0n) is 18.7. The number of aromatic nitrogens is 3. The first-order valence-corrected chi connectivity index (χ1v) is 11.0. The van der Waals surface area contributed by atoms with Crippen LogP contribution in [-0.2, 0) is 4.79 Å². The minimum absolute atomic E-state index is 0.0565. The number of likely N-dealkylation sites (N-methyl/N-ethyl adjacent to an activating group) is 1. The number of benzene rings is 1. The quantitative estimate of drug-likeness (QED) is 0.634. The van der Waals surface area contributed by atoms with Crippen LogP contribution in [0, 0.1) is 18.8 Å². The van der Waals surface area contributed by atoms with Gasteiger partial charge in [-0.3, -0.25) is 9.78 Å². The fourth-order valence-corrected chi connectivity index (χ4v) is 4.81. The van der Waals surface area contributed by atoms with Gasteiger partial charge in [0.25, 0.3) is 5.91 Å². The van der Waals surface area contributed by atoms with Crippen molar-refractivity contribution in [1.29, 1.82) is 0 Å². The van der Waals surface area contributed by atoms with Crippen LogP contribution in [0.1, 0.15) is 12.0 Å². The predicted octanol–water partition coefficient (Wildman–Crippen LogP) is 4.03. The Morgan fingerprint density at radius 2 is 2.03 bits per heavy atom. The Bertz CT molecular complexity index is 1230. The Morgan fingerprint density at radius 3 is 2.81 bits per heavy atom. The van der Waals surface area contributed by atoms with Gasteiger partial charge in [-0.05, 0) is 48.6 Å². The number of rotatable bonds is 3. The largest absolute Gasteiger partial charge is 0.355 e. The number of amides is 1. The van der Waals surface area contributed by atoms with Gasteiger partial charge in [-0.15, -0.1) is 0 Å². The molecule has 1 fully saturated rings. The van der Waals surface area contributed by atoms with Crippen LogP contribution >= 0.6 is 0 Å². The summed E-state index contributed by atoms with van der Waals surface area (Å²) < 4.78 is 0. The van der Waals surface area contributed by atoms with Crippen molar-refractivity contribution in [2.75, 3.05) is 32.1 Å². The highest BCUT2D eigenvalue weighted by atomic mass is 16.2. The molecule has 162 valence electrons. The molecule has 6 heteroatoms. The molecule has 1 amide bonds. The van der Waals surface area contributed by atoms with Gasteiger partial charge in [0.05, 0.1) is 5.52 Å². The standard InChI is InChI=1S/C26H27N5O/c1-17-11-21(20-5-4-9-27-14-20)13-23-24(17)28-16-29-25(23)31-10-8-18-6-7-19(12-22(18)15-31)26(32)30(2)3/h4-7,9,11-14,16,18,22H,8,10,15H2,1-3H3. The third-order valence-electron chi connectivity index (χ3n) is 6.49. The first-order valence-electron chi connectivity index (χ1n) is 11.0. The number of anilines is 1. The number of aryl methyl sites for hydroxylation is 1. The number of allylic oxidation sites excluding steroid dienone is 1. The van der Waals surface area contributed by atoms with E-state index in [-0.39, 0.29) is 5.91 Å². The molecule has 2 atom stereocenters. The van der Waals surface area contributed by atoms with Crippen molar-refractivity contribution in [2.24, 2.45) is 11.8 Å². The van der Waals surface area contributed by atoms with Crippen molar-refractivity contribution in [1.82, 2.24) is 19.9 Å². The summed E-state index contributed by atoms with van der Waals surface area (Å²) in [5.41, 5.74) is 5.08. The first-order chi connectivity index (χ1) is 15.5. The third-order valence-corrected chi connectivity index (χ3v) is 6.49. The lowest BCUT2D eigenvalue weighted by Crippen LogP contribution is -2.41. The SMILES string of the molecule is Cc1cc(-c2cccnc2)cc2c(N3CCC4C=CC(C(=O)N(C)C)=CC4C3)ncnc12. The molecule has 1 aromatic carbocycles. The van der Waals surface area contributed by atoms with E-state index in [1.54, 1.807) is 31.5 Å². The van der Waals surface area contributed by atoms with Crippen LogP contribution in [0.25, 0.3) is 22.0 Å². The van der Waals surface area contributed by atoms with Gasteiger partial charge in [0.15, 0.2) is 0 Å². The van der Waals surface area contributed by atoms with Gasteiger partial charge < -0.3 is 9.80 Å². The van der Waals surface area contributed by atoms with Crippen molar-refractivity contribution >= 4 is 22.6 Å². The minimum Gasteiger partial charge on any atom is -0.355 e. The Labute approximate surface area is 188 Å². The summed E-state index contributed by atoms with van der Waals surface area (Å²) in [5.74, 6) is 1.78. The average Bonchev–Trinajstić information content (AvgIpc) is 2.83. The second kappa shape index (κ2) is 8.19. The van der Waals surface area contributed by atoms with Crippen LogP contribution in [0.3, 0.4) is 0 Å². The van der Waals surface area contributed by atoms with Crippen LogP contribution < -0.4 is 4.90 Å². The normalized spacial score (nSPS) is 20.1. The van der Waals surface area contributed by atoms with Crippen molar-refractivity contribution in [3.63, 3.8) is 0 Å². The lowest BCUT2D eigenvalue weighted by Gasteiger charge is -2.39. The molecule has 5 rings (SSSR count). The molecule has 32 heavy (non-hydrogen) atoms. The molecule has 0 N–H and O–H groups in total. The zero-order chi connectivity index (χ0) is 22.2. The van der Waals surface area contributed by atoms with Crippen molar-refractivity contribution in [3.8, 4) is 11.1 Å². The number of pyridine rings is 1. The number of nitrogens with zero attached hydrogens (tertiary/aromatic N) is 5. The predicted molar refractivity (Wildman–Crippen MR) is 127 cm³/mol. The second-order valence-electron chi connectivity index (χ2n) is 8.87. The van der Waals surface area contributed by atoms with Gasteiger partial charge in [0, 0.05) is 62.0 Å². The van der Waals surface area contributed by atoms with E-state index in [0.29, 0.717) is 11.8 Å². The van der Waals surface area contributed by atoms with Gasteiger partial charge in [-0.2, -0.15) is 0 Å². The molecule has 0 bridgehead atoms. The maximum atomic E-state index is 12.5. The van der Waals surface area contributed by atoms with Gasteiger partial charge >= 0.3 is 0 Å². The summed E-state index contributed by atoms with van der Waals surface area (Å²) in [7, 11) is 3.59. The molecule has 3 heterocycles. The van der Waals surface area contributed by atoms with Gasteiger partial charge in [0.2, 0.25) is 0 Å². The molecule has 0 radical (unpaired) electrons. The van der Waals surface area contributed by atoms with Crippen LogP contribution in [0.5, 0.6) is 0 Å². The topological polar surface area (TPSA) is 62.2 Å². The lowest BCUT2D eigenvalue weighted by molar-refractivity contribution is -0.124. The van der Waals surface area contributed by atoms with Gasteiger partial charge in [-0.1, -0.05) is 24.3 Å². The molecule has 2 aromatic heterocycles. The Hall–Kier alpha value is -3.54. The van der Waals surface area contributed by atoms with Crippen LogP contribution in [0.2, 0.25) is 0 Å². The van der Waals surface area contributed by atoms with Crippen molar-refractivity contribution < 1.29 is 4.79 Å². The molecule has 2 aliphatic rings. The highest BCUT2D eigenvalue weighted by molar-refractivity contribution is 5.96. The summed E-state index contributed by atoms with van der Waals surface area (Å²) in [6, 6.07) is 8.37. The summed E-state index contributed by atoms with van der Waals surface area (Å²) in [5, 5.41) is 1.06. The Morgan fingerprint density at radius 1 is 1.16 bits per heavy atom. The molecule has 1 aliphatic heterocycles. The zero-order valence-corrected chi connectivity index (χ0v) is 18.7. The van der Waals surface area contributed by atoms with E-state index >= 15 is 0 Å². The monoisotopic (exact) mass is 425 g/mol. The summed E-state index contributed by atoms with van der Waals surface area (Å²) in [4.78, 5) is 30.0. The fraction of sp³-hybridized carbons (Fsp3) is 0.308. The van der Waals surface area contributed by atoms with E-state index in [1.807, 2.05) is 18.3 Å². The van der Waals surface area contributed by atoms with Gasteiger partial charge in [0.1, 0.15) is 12.1 Å². The smallest absolute Gasteiger partial charge is 0.253 e. The molecule has 0 spiro atoms. The fourth-order valence-electron chi connectivity index (χ4n) is 4.81. The molecular weight excluding hydrogens is 398 g/mol. The van der Waals surface area contributed by atoms with E-state index in [4.69, 9.17) is 4.98 Å². The summed E-state index contributed by atoms with van der Waals surface area (Å²) in [6.45, 7) is 3.86.